The second-order valence-corrected chi connectivity index (χ2v) is 4.61. The first-order chi connectivity index (χ1) is 7.58. The van der Waals surface area contributed by atoms with Crippen LogP contribution in [0.3, 0.4) is 0 Å². The van der Waals surface area contributed by atoms with Gasteiger partial charge in [0, 0.05) is 13.1 Å². The largest absolute Gasteiger partial charge is 0.383 e. The van der Waals surface area contributed by atoms with E-state index < -0.39 is 23.7 Å². The molecule has 0 saturated carbocycles. The van der Waals surface area contributed by atoms with Gasteiger partial charge in [-0.1, -0.05) is 13.8 Å². The lowest BCUT2D eigenvalue weighted by Gasteiger charge is -2.32. The Morgan fingerprint density at radius 1 is 1.35 bits per heavy atom. The van der Waals surface area contributed by atoms with Gasteiger partial charge in [-0.25, -0.2) is 8.78 Å². The monoisotopic (exact) mass is 258 g/mol. The van der Waals surface area contributed by atoms with Crippen molar-refractivity contribution in [3.63, 3.8) is 0 Å². The van der Waals surface area contributed by atoms with Crippen LogP contribution < -0.4 is 5.73 Å². The minimum atomic E-state index is -4.64. The SMILES string of the molecule is CCN(CC(C)(C)CN)C(=O)C(F)(F)C(F)F. The van der Waals surface area contributed by atoms with E-state index in [9.17, 15) is 22.4 Å². The third-order valence-corrected chi connectivity index (χ3v) is 2.40. The van der Waals surface area contributed by atoms with Gasteiger partial charge in [-0.2, -0.15) is 8.78 Å². The number of carbonyl (C=O) groups is 1. The summed E-state index contributed by atoms with van der Waals surface area (Å²) in [4.78, 5) is 12.0. The van der Waals surface area contributed by atoms with Crippen molar-refractivity contribution in [2.75, 3.05) is 19.6 Å². The highest BCUT2D eigenvalue weighted by Gasteiger charge is 2.51. The molecule has 0 aliphatic carbocycles. The number of rotatable bonds is 6. The van der Waals surface area contributed by atoms with E-state index in [1.54, 1.807) is 13.8 Å². The van der Waals surface area contributed by atoms with Crippen molar-refractivity contribution in [2.24, 2.45) is 11.1 Å². The third-order valence-electron chi connectivity index (χ3n) is 2.40. The zero-order valence-electron chi connectivity index (χ0n) is 10.1. The average molecular weight is 258 g/mol. The number of hydrogen-bond donors (Lipinski definition) is 1. The highest BCUT2D eigenvalue weighted by molar-refractivity contribution is 5.84. The van der Waals surface area contributed by atoms with Gasteiger partial charge in [-0.05, 0) is 18.9 Å². The summed E-state index contributed by atoms with van der Waals surface area (Å²) < 4.78 is 49.9. The van der Waals surface area contributed by atoms with Crippen molar-refractivity contribution in [3.05, 3.63) is 0 Å². The molecule has 0 rings (SSSR count). The minimum Gasteiger partial charge on any atom is -0.337 e. The van der Waals surface area contributed by atoms with Gasteiger partial charge in [-0.3, -0.25) is 4.79 Å². The number of hydrogen-bond acceptors (Lipinski definition) is 2. The van der Waals surface area contributed by atoms with E-state index in [0.29, 0.717) is 4.90 Å². The van der Waals surface area contributed by atoms with Gasteiger partial charge < -0.3 is 10.6 Å². The van der Waals surface area contributed by atoms with Gasteiger partial charge in [0.25, 0.3) is 5.91 Å². The van der Waals surface area contributed by atoms with E-state index in [4.69, 9.17) is 5.73 Å². The maximum absolute atomic E-state index is 12.9. The maximum atomic E-state index is 12.9. The summed E-state index contributed by atoms with van der Waals surface area (Å²) in [6.45, 7) is 4.81. The van der Waals surface area contributed by atoms with E-state index in [1.807, 2.05) is 0 Å². The van der Waals surface area contributed by atoms with Crippen molar-refractivity contribution in [3.8, 4) is 0 Å². The van der Waals surface area contributed by atoms with Gasteiger partial charge in [-0.15, -0.1) is 0 Å². The second kappa shape index (κ2) is 5.66. The molecule has 0 heterocycles. The van der Waals surface area contributed by atoms with E-state index in [-0.39, 0.29) is 19.6 Å². The lowest BCUT2D eigenvalue weighted by Crippen LogP contribution is -2.51. The molecule has 3 nitrogen and oxygen atoms in total. The molecule has 0 aromatic carbocycles. The number of carbonyl (C=O) groups excluding carboxylic acids is 1. The van der Waals surface area contributed by atoms with Crippen LogP contribution >= 0.6 is 0 Å². The predicted molar refractivity (Wildman–Crippen MR) is 56.0 cm³/mol. The lowest BCUT2D eigenvalue weighted by molar-refractivity contribution is -0.181. The van der Waals surface area contributed by atoms with Gasteiger partial charge in [0.2, 0.25) is 0 Å². The van der Waals surface area contributed by atoms with Crippen molar-refractivity contribution in [1.29, 1.82) is 0 Å². The summed E-state index contributed by atoms with van der Waals surface area (Å²) >= 11 is 0. The Hall–Kier alpha value is -0.850. The summed E-state index contributed by atoms with van der Waals surface area (Å²) in [5.41, 5.74) is 4.81. The molecule has 17 heavy (non-hydrogen) atoms. The van der Waals surface area contributed by atoms with Crippen LogP contribution in [0.5, 0.6) is 0 Å². The molecule has 0 atom stereocenters. The summed E-state index contributed by atoms with van der Waals surface area (Å²) in [7, 11) is 0. The summed E-state index contributed by atoms with van der Waals surface area (Å²) in [6, 6.07) is 0. The van der Waals surface area contributed by atoms with Crippen molar-refractivity contribution in [1.82, 2.24) is 4.90 Å². The second-order valence-electron chi connectivity index (χ2n) is 4.61. The highest BCUT2D eigenvalue weighted by Crippen LogP contribution is 2.27. The predicted octanol–water partition coefficient (Wildman–Crippen LogP) is 1.72. The van der Waals surface area contributed by atoms with Crippen molar-refractivity contribution < 1.29 is 22.4 Å². The number of nitrogens with zero attached hydrogens (tertiary/aromatic N) is 1. The Labute approximate surface area is 97.9 Å². The smallest absolute Gasteiger partial charge is 0.337 e. The topological polar surface area (TPSA) is 46.3 Å². The van der Waals surface area contributed by atoms with Crippen LogP contribution in [0, 0.1) is 5.41 Å². The van der Waals surface area contributed by atoms with Crippen LogP contribution in [0.25, 0.3) is 0 Å². The standard InChI is InChI=1S/C10H18F4N2O/c1-4-16(6-9(2,3)5-15)8(17)10(13,14)7(11)12/h7H,4-6,15H2,1-3H3. The molecule has 0 unspecified atom stereocenters. The lowest BCUT2D eigenvalue weighted by atomic mass is 9.93. The van der Waals surface area contributed by atoms with Gasteiger partial charge >= 0.3 is 12.3 Å². The highest BCUT2D eigenvalue weighted by atomic mass is 19.3. The van der Waals surface area contributed by atoms with E-state index in [1.165, 1.54) is 6.92 Å². The summed E-state index contributed by atoms with van der Waals surface area (Å²) in [6.07, 6.45) is -4.00. The molecular formula is C10H18F4N2O. The minimum absolute atomic E-state index is 0.0649. The molecule has 0 aliphatic heterocycles. The average Bonchev–Trinajstić information content (AvgIpc) is 2.24. The van der Waals surface area contributed by atoms with Crippen molar-refractivity contribution >= 4 is 5.91 Å². The van der Waals surface area contributed by atoms with Crippen LogP contribution in [-0.4, -0.2) is 42.8 Å². The fraction of sp³-hybridized carbons (Fsp3) is 0.900. The molecule has 0 saturated heterocycles. The molecule has 1 amide bonds. The Kier molecular flexibility index (Phi) is 5.38. The summed E-state index contributed by atoms with van der Waals surface area (Å²) in [5.74, 6) is -6.49. The third kappa shape index (κ3) is 4.14. The number of amides is 1. The van der Waals surface area contributed by atoms with Gasteiger partial charge in [0.05, 0.1) is 0 Å². The Morgan fingerprint density at radius 3 is 2.12 bits per heavy atom. The van der Waals surface area contributed by atoms with Crippen LogP contribution in [0.2, 0.25) is 0 Å². The number of alkyl halides is 4. The Bertz CT molecular complexity index is 269. The zero-order valence-corrected chi connectivity index (χ0v) is 10.1. The fourth-order valence-electron chi connectivity index (χ4n) is 1.21. The molecule has 102 valence electrons. The molecule has 0 aliphatic rings. The van der Waals surface area contributed by atoms with Crippen LogP contribution in [0.15, 0.2) is 0 Å². The summed E-state index contributed by atoms with van der Waals surface area (Å²) in [5, 5.41) is 0. The molecule has 2 N–H and O–H groups in total. The van der Waals surface area contributed by atoms with Crippen LogP contribution in [0.1, 0.15) is 20.8 Å². The van der Waals surface area contributed by atoms with Gasteiger partial charge in [0.1, 0.15) is 0 Å². The molecule has 0 radical (unpaired) electrons. The molecule has 0 fully saturated rings. The fourth-order valence-corrected chi connectivity index (χ4v) is 1.21. The van der Waals surface area contributed by atoms with Crippen molar-refractivity contribution in [2.45, 2.75) is 33.1 Å². The number of nitrogens with two attached hydrogens (primary N) is 1. The number of halogens is 4. The first-order valence-electron chi connectivity index (χ1n) is 5.24. The molecule has 0 bridgehead atoms. The van der Waals surface area contributed by atoms with Crippen LogP contribution in [0.4, 0.5) is 17.6 Å². The normalized spacial score (nSPS) is 13.0. The molecule has 7 heteroatoms. The van der Waals surface area contributed by atoms with Gasteiger partial charge in [0.15, 0.2) is 0 Å². The molecular weight excluding hydrogens is 240 g/mol. The quantitative estimate of drug-likeness (QED) is 0.737. The Morgan fingerprint density at radius 2 is 1.82 bits per heavy atom. The van der Waals surface area contributed by atoms with E-state index in [0.717, 1.165) is 0 Å². The molecule has 0 spiro atoms. The van der Waals surface area contributed by atoms with E-state index >= 15 is 0 Å². The Balaban J connectivity index is 4.85. The first-order valence-corrected chi connectivity index (χ1v) is 5.24. The van der Waals surface area contributed by atoms with Crippen LogP contribution in [-0.2, 0) is 4.79 Å². The maximum Gasteiger partial charge on any atom is 0.383 e. The molecule has 0 aromatic rings. The first kappa shape index (κ1) is 16.1. The van der Waals surface area contributed by atoms with E-state index in [2.05, 4.69) is 0 Å². The molecule has 0 aromatic heterocycles. The zero-order chi connectivity index (χ0) is 13.9.